The molecule has 72 heavy (non-hydrogen) atoms. The van der Waals surface area contributed by atoms with Crippen molar-refractivity contribution in [2.75, 3.05) is 40.9 Å². The Hall–Kier alpha value is -3.62. The Morgan fingerprint density at radius 1 is 0.500 bits per heavy atom. The molecule has 0 aliphatic heterocycles. The monoisotopic (exact) mass is 1020 g/mol. The minimum Gasteiger partial charge on any atom is -0.387 e. The lowest BCUT2D eigenvalue weighted by Gasteiger charge is -2.25. The summed E-state index contributed by atoms with van der Waals surface area (Å²) in [6.45, 7) is 4.41. The highest BCUT2D eigenvalue weighted by Gasteiger charge is 2.27. The molecule has 0 radical (unpaired) electrons. The number of unbranched alkanes of at least 4 members (excludes halogenated alkanes) is 15. The smallest absolute Gasteiger partial charge is 0.387 e. The van der Waals surface area contributed by atoms with Crippen LogP contribution in [0.5, 0.6) is 0 Å². The Bertz CT molecular complexity index is 1670. The minimum absolute atomic E-state index is 0.0466. The molecule has 0 aliphatic carbocycles. The fourth-order valence-corrected chi connectivity index (χ4v) is 7.98. The van der Waals surface area contributed by atoms with Crippen molar-refractivity contribution in [2.24, 2.45) is 0 Å². The average molecular weight is 1020 g/mol. The molecule has 0 fully saturated rings. The molecule has 9 heteroatoms. The van der Waals surface area contributed by atoms with Gasteiger partial charge in [-0.3, -0.25) is 13.8 Å². The molecule has 0 aromatic heterocycles. The van der Waals surface area contributed by atoms with Gasteiger partial charge in [0.15, 0.2) is 0 Å². The van der Waals surface area contributed by atoms with Crippen molar-refractivity contribution in [2.45, 2.75) is 206 Å². The highest BCUT2D eigenvalue weighted by atomic mass is 31.2. The van der Waals surface area contributed by atoms with Crippen LogP contribution in [0.15, 0.2) is 146 Å². The van der Waals surface area contributed by atoms with Gasteiger partial charge in [0.25, 0.3) is 0 Å². The van der Waals surface area contributed by atoms with E-state index in [1.165, 1.54) is 70.6 Å². The molecule has 3 N–H and O–H groups in total. The van der Waals surface area contributed by atoms with Gasteiger partial charge in [0.2, 0.25) is 5.91 Å². The number of carbonyl (C=O) groups is 1. The van der Waals surface area contributed by atoms with Gasteiger partial charge in [0.05, 0.1) is 39.9 Å². The fourth-order valence-electron chi connectivity index (χ4n) is 7.25. The van der Waals surface area contributed by atoms with Crippen molar-refractivity contribution in [1.29, 1.82) is 0 Å². The Morgan fingerprint density at radius 2 is 0.861 bits per heavy atom. The molecule has 0 saturated heterocycles. The Balaban J connectivity index is 3.98. The van der Waals surface area contributed by atoms with E-state index in [-0.39, 0.29) is 19.1 Å². The number of phosphoric ester groups is 1. The first-order chi connectivity index (χ1) is 35.0. The van der Waals surface area contributed by atoms with Crippen LogP contribution in [-0.4, -0.2) is 73.4 Å². The van der Waals surface area contributed by atoms with Crippen molar-refractivity contribution in [1.82, 2.24) is 5.32 Å². The Kier molecular flexibility index (Phi) is 49.6. The Labute approximate surface area is 442 Å². The summed E-state index contributed by atoms with van der Waals surface area (Å²) < 4.78 is 23.5. The number of hydrogen-bond acceptors (Lipinski definition) is 5. The summed E-state index contributed by atoms with van der Waals surface area (Å²) in [5, 5.41) is 13.8. The van der Waals surface area contributed by atoms with E-state index in [1.54, 1.807) is 6.08 Å². The number of quaternary nitrogens is 1. The van der Waals surface area contributed by atoms with Crippen LogP contribution in [0.3, 0.4) is 0 Å². The van der Waals surface area contributed by atoms with Crippen molar-refractivity contribution in [3.8, 4) is 0 Å². The molecule has 408 valence electrons. The summed E-state index contributed by atoms with van der Waals surface area (Å²) in [6.07, 6.45) is 81.4. The molecule has 3 atom stereocenters. The number of aliphatic hydroxyl groups excluding tert-OH is 1. The molecule has 0 saturated carbocycles. The lowest BCUT2D eigenvalue weighted by molar-refractivity contribution is -0.870. The topological polar surface area (TPSA) is 105 Å². The van der Waals surface area contributed by atoms with E-state index in [1.807, 2.05) is 40.2 Å². The van der Waals surface area contributed by atoms with Crippen LogP contribution in [0.2, 0.25) is 0 Å². The van der Waals surface area contributed by atoms with Gasteiger partial charge in [-0.2, -0.15) is 0 Å². The molecule has 0 rings (SSSR count). The second kappa shape index (κ2) is 52.3. The van der Waals surface area contributed by atoms with Gasteiger partial charge in [0.1, 0.15) is 13.2 Å². The summed E-state index contributed by atoms with van der Waals surface area (Å²) in [7, 11) is 1.52. The first-order valence-electron chi connectivity index (χ1n) is 28.2. The molecule has 8 nitrogen and oxygen atoms in total. The molecular formula is C63H106N2O6P+. The van der Waals surface area contributed by atoms with Crippen LogP contribution in [0.25, 0.3) is 0 Å². The van der Waals surface area contributed by atoms with Crippen molar-refractivity contribution >= 4 is 13.7 Å². The fraction of sp³-hybridized carbons (Fsp3) is 0.603. The molecule has 3 unspecified atom stereocenters. The van der Waals surface area contributed by atoms with Crippen molar-refractivity contribution < 1.29 is 32.9 Å². The van der Waals surface area contributed by atoms with Crippen molar-refractivity contribution in [3.05, 3.63) is 146 Å². The zero-order valence-corrected chi connectivity index (χ0v) is 47.2. The van der Waals surface area contributed by atoms with Gasteiger partial charge in [-0.15, -0.1) is 0 Å². The number of nitrogens with zero attached hydrogens (tertiary/aromatic N) is 1. The van der Waals surface area contributed by atoms with Gasteiger partial charge in [-0.25, -0.2) is 4.57 Å². The van der Waals surface area contributed by atoms with E-state index in [2.05, 4.69) is 140 Å². The van der Waals surface area contributed by atoms with Crippen LogP contribution in [0.1, 0.15) is 194 Å². The molecule has 0 aromatic rings. The summed E-state index contributed by atoms with van der Waals surface area (Å²) in [6, 6.07) is -0.877. The third-order valence-corrected chi connectivity index (χ3v) is 12.6. The van der Waals surface area contributed by atoms with Gasteiger partial charge in [0, 0.05) is 6.42 Å². The SMILES string of the molecule is C/C=C/CC/C=C/CC/C=C/C(O)C(COP(=O)(O)OCC[N+](C)(C)C)NC(=O)CCCCCCCCCCCCCCC/C=C\C/C=C\C/C=C\C/C=C\C/C=C\C/C=C\C/C=C\C/C=C\C/C=C\CC. The number of rotatable bonds is 49. The van der Waals surface area contributed by atoms with Crippen molar-refractivity contribution in [3.63, 3.8) is 0 Å². The number of nitrogens with one attached hydrogen (secondary N) is 1. The van der Waals surface area contributed by atoms with Crippen LogP contribution < -0.4 is 5.32 Å². The summed E-state index contributed by atoms with van der Waals surface area (Å²) in [5.74, 6) is -0.202. The van der Waals surface area contributed by atoms with E-state index >= 15 is 0 Å². The molecular weight excluding hydrogens is 912 g/mol. The molecule has 0 aliphatic rings. The summed E-state index contributed by atoms with van der Waals surface area (Å²) in [5.41, 5.74) is 0. The maximum Gasteiger partial charge on any atom is 0.472 e. The minimum atomic E-state index is -4.36. The van der Waals surface area contributed by atoms with E-state index < -0.39 is 20.0 Å². The highest BCUT2D eigenvalue weighted by Crippen LogP contribution is 2.43. The predicted octanol–water partition coefficient (Wildman–Crippen LogP) is 17.3. The van der Waals surface area contributed by atoms with Crippen LogP contribution in [0, 0.1) is 0 Å². The molecule has 0 bridgehead atoms. The van der Waals surface area contributed by atoms with Crippen LogP contribution in [0.4, 0.5) is 0 Å². The summed E-state index contributed by atoms with van der Waals surface area (Å²) in [4.78, 5) is 23.1. The number of phosphoric acid groups is 1. The largest absolute Gasteiger partial charge is 0.472 e. The maximum absolute atomic E-state index is 12.9. The van der Waals surface area contributed by atoms with E-state index in [4.69, 9.17) is 9.05 Å². The summed E-state index contributed by atoms with van der Waals surface area (Å²) >= 11 is 0. The lowest BCUT2D eigenvalue weighted by atomic mass is 10.0. The second-order valence-corrected chi connectivity index (χ2v) is 21.0. The Morgan fingerprint density at radius 3 is 1.28 bits per heavy atom. The quantitative estimate of drug-likeness (QED) is 0.0243. The van der Waals surface area contributed by atoms with E-state index in [0.717, 1.165) is 103 Å². The standard InChI is InChI=1S/C63H105N2O6P/c1-6-8-10-12-14-16-17-18-19-20-21-22-23-24-25-26-27-28-29-30-31-32-33-34-35-36-37-38-39-40-41-42-43-44-45-46-47-49-51-53-55-57-63(67)64-61(60-71-72(68,69)70-59-58-65(3,4)5)62(66)56-54-52-50-48-15-13-11-9-7-2/h7-10,14-16,18-19,21-22,24-25,27-28,30-31,33-34,36-37,48,54,56,61-62,66H,6,11-13,17,20,23,26,29,32,35,38-47,49-53,55,57-60H2,1-5H3,(H-,64,67,68,69)/p+1/b9-7+,10-8-,16-14-,19-18-,22-21-,25-24-,28-27-,31-30-,34-33-,37-36-,48-15+,56-54+. The number of amides is 1. The number of aliphatic hydroxyl groups is 1. The lowest BCUT2D eigenvalue weighted by Crippen LogP contribution is -2.45. The van der Waals surface area contributed by atoms with Gasteiger partial charge < -0.3 is 19.8 Å². The third-order valence-electron chi connectivity index (χ3n) is 11.6. The number of hydrogen-bond donors (Lipinski definition) is 3. The van der Waals surface area contributed by atoms with Gasteiger partial charge >= 0.3 is 7.82 Å². The second-order valence-electron chi connectivity index (χ2n) is 19.6. The zero-order chi connectivity index (χ0) is 52.7. The normalized spacial score (nSPS) is 15.0. The molecule has 0 aromatic carbocycles. The molecule has 0 heterocycles. The van der Waals surface area contributed by atoms with Crippen LogP contribution >= 0.6 is 7.82 Å². The van der Waals surface area contributed by atoms with Gasteiger partial charge in [-0.1, -0.05) is 223 Å². The molecule has 0 spiro atoms. The highest BCUT2D eigenvalue weighted by molar-refractivity contribution is 7.47. The van der Waals surface area contributed by atoms with Gasteiger partial charge in [-0.05, 0) is 110 Å². The first-order valence-corrected chi connectivity index (χ1v) is 29.7. The first kappa shape index (κ1) is 68.4. The zero-order valence-electron chi connectivity index (χ0n) is 46.4. The maximum atomic E-state index is 12.9. The van der Waals surface area contributed by atoms with E-state index in [0.29, 0.717) is 17.4 Å². The predicted molar refractivity (Wildman–Crippen MR) is 313 cm³/mol. The molecule has 1 amide bonds. The third kappa shape index (κ3) is 54.2. The average Bonchev–Trinajstić information content (AvgIpc) is 3.34. The number of carbonyl (C=O) groups excluding carboxylic acids is 1. The van der Waals surface area contributed by atoms with Crippen LogP contribution in [-0.2, 0) is 18.4 Å². The number of likely N-dealkylation sites (N-methyl/N-ethyl adjacent to an activating group) is 1. The number of allylic oxidation sites excluding steroid dienone is 23. The van der Waals surface area contributed by atoms with E-state index in [9.17, 15) is 19.4 Å².